The summed E-state index contributed by atoms with van der Waals surface area (Å²) in [6, 6.07) is 14.1. The van der Waals surface area contributed by atoms with Crippen molar-refractivity contribution in [3.8, 4) is 6.07 Å². The molecular weight excluding hydrogens is 375 g/mol. The molecule has 1 amide bonds. The highest BCUT2D eigenvalue weighted by atomic mass is 19.1. The number of halogens is 1. The topological polar surface area (TPSA) is 96.7 Å². The second-order valence-corrected chi connectivity index (χ2v) is 6.45. The molecule has 148 valence electrons. The third-order valence-electron chi connectivity index (χ3n) is 4.62. The zero-order valence-corrected chi connectivity index (χ0v) is 15.5. The first kappa shape index (κ1) is 19.9. The van der Waals surface area contributed by atoms with Crippen molar-refractivity contribution >= 4 is 23.3 Å². The Morgan fingerprint density at radius 3 is 2.21 bits per heavy atom. The number of anilines is 2. The first-order valence-corrected chi connectivity index (χ1v) is 8.98. The molecule has 8 heteroatoms. The van der Waals surface area contributed by atoms with E-state index in [1.807, 2.05) is 6.07 Å². The van der Waals surface area contributed by atoms with Crippen LogP contribution < -0.4 is 10.2 Å². The van der Waals surface area contributed by atoms with Gasteiger partial charge in [0.05, 0.1) is 5.56 Å². The van der Waals surface area contributed by atoms with Crippen molar-refractivity contribution in [1.29, 1.82) is 5.26 Å². The Morgan fingerprint density at radius 1 is 1.03 bits per heavy atom. The van der Waals surface area contributed by atoms with E-state index >= 15 is 0 Å². The number of piperazine rings is 1. The number of rotatable bonds is 5. The van der Waals surface area contributed by atoms with Crippen LogP contribution in [0.5, 0.6) is 0 Å². The number of nitriles is 1. The van der Waals surface area contributed by atoms with Gasteiger partial charge < -0.3 is 20.2 Å². The van der Waals surface area contributed by atoms with Gasteiger partial charge in [-0.05, 0) is 48.5 Å². The molecule has 0 aliphatic carbocycles. The molecule has 29 heavy (non-hydrogen) atoms. The molecule has 1 fully saturated rings. The molecule has 1 saturated heterocycles. The van der Waals surface area contributed by atoms with Crippen LogP contribution in [0.4, 0.5) is 15.8 Å². The predicted octanol–water partition coefficient (Wildman–Crippen LogP) is 2.69. The van der Waals surface area contributed by atoms with E-state index in [-0.39, 0.29) is 22.9 Å². The number of benzene rings is 2. The van der Waals surface area contributed by atoms with Gasteiger partial charge >= 0.3 is 5.97 Å². The van der Waals surface area contributed by atoms with Crippen molar-refractivity contribution in [2.24, 2.45) is 0 Å². The number of aromatic carboxylic acids is 1. The fourth-order valence-corrected chi connectivity index (χ4v) is 3.00. The maximum Gasteiger partial charge on any atom is 0.335 e. The number of amides is 1. The van der Waals surface area contributed by atoms with E-state index in [9.17, 15) is 19.2 Å². The molecule has 1 aliphatic heterocycles. The first-order chi connectivity index (χ1) is 14.0. The molecule has 0 aromatic heterocycles. The van der Waals surface area contributed by atoms with Crippen LogP contribution in [0, 0.1) is 17.1 Å². The average Bonchev–Trinajstić information content (AvgIpc) is 2.75. The highest BCUT2D eigenvalue weighted by Gasteiger charge is 2.23. The number of nitrogens with one attached hydrogen (secondary N) is 1. The number of carboxylic acid groups (broad SMARTS) is 1. The third kappa shape index (κ3) is 4.90. The molecule has 2 aromatic rings. The van der Waals surface area contributed by atoms with Gasteiger partial charge in [-0.1, -0.05) is 0 Å². The zero-order chi connectivity index (χ0) is 20.8. The molecule has 0 saturated carbocycles. The Labute approximate surface area is 167 Å². The molecular formula is C21H19FN4O3. The molecule has 1 aliphatic rings. The molecule has 0 bridgehead atoms. The summed E-state index contributed by atoms with van der Waals surface area (Å²) in [5.74, 6) is -1.70. The van der Waals surface area contributed by atoms with Crippen LogP contribution in [0.1, 0.15) is 10.4 Å². The molecule has 0 atom stereocenters. The Hall–Kier alpha value is -3.86. The van der Waals surface area contributed by atoms with Gasteiger partial charge in [-0.2, -0.15) is 5.26 Å². The summed E-state index contributed by atoms with van der Waals surface area (Å²) in [4.78, 5) is 27.2. The van der Waals surface area contributed by atoms with Crippen molar-refractivity contribution in [3.05, 3.63) is 71.7 Å². The van der Waals surface area contributed by atoms with Crippen LogP contribution in [0.2, 0.25) is 0 Å². The van der Waals surface area contributed by atoms with Crippen LogP contribution in [0.15, 0.2) is 60.3 Å². The third-order valence-corrected chi connectivity index (χ3v) is 4.62. The smallest absolute Gasteiger partial charge is 0.335 e. The van der Waals surface area contributed by atoms with E-state index in [1.165, 1.54) is 30.5 Å². The van der Waals surface area contributed by atoms with E-state index in [2.05, 4.69) is 10.2 Å². The standard InChI is InChI=1S/C21H19FN4O3/c22-17-3-7-19(8-4-17)25-9-11-26(12-10-25)20(27)16(13-23)14-24-18-5-1-15(2-6-18)21(28)29/h1-8,14,24H,9-12H2,(H,28,29)/b16-14-. The molecule has 0 unspecified atom stereocenters. The van der Waals surface area contributed by atoms with Crippen LogP contribution >= 0.6 is 0 Å². The summed E-state index contributed by atoms with van der Waals surface area (Å²) in [6.07, 6.45) is 1.32. The lowest BCUT2D eigenvalue weighted by molar-refractivity contribution is -0.127. The number of carbonyl (C=O) groups is 2. The van der Waals surface area contributed by atoms with Gasteiger partial charge in [0.1, 0.15) is 17.5 Å². The van der Waals surface area contributed by atoms with E-state index in [4.69, 9.17) is 5.11 Å². The van der Waals surface area contributed by atoms with Gasteiger partial charge in [0.2, 0.25) is 0 Å². The molecule has 2 aromatic carbocycles. The van der Waals surface area contributed by atoms with E-state index in [0.717, 1.165) is 5.69 Å². The van der Waals surface area contributed by atoms with Crippen molar-refractivity contribution < 1.29 is 19.1 Å². The van der Waals surface area contributed by atoms with Gasteiger partial charge in [-0.3, -0.25) is 4.79 Å². The number of hydrogen-bond acceptors (Lipinski definition) is 5. The molecule has 1 heterocycles. The quantitative estimate of drug-likeness (QED) is 0.598. The molecule has 2 N–H and O–H groups in total. The van der Waals surface area contributed by atoms with Crippen molar-refractivity contribution in [2.75, 3.05) is 36.4 Å². The Balaban J connectivity index is 1.59. The molecule has 0 spiro atoms. The highest BCUT2D eigenvalue weighted by molar-refractivity contribution is 5.97. The second-order valence-electron chi connectivity index (χ2n) is 6.45. The zero-order valence-electron chi connectivity index (χ0n) is 15.5. The average molecular weight is 394 g/mol. The number of carboxylic acids is 1. The summed E-state index contributed by atoms with van der Waals surface area (Å²) >= 11 is 0. The van der Waals surface area contributed by atoms with Gasteiger partial charge in [-0.15, -0.1) is 0 Å². The lowest BCUT2D eigenvalue weighted by atomic mass is 10.2. The van der Waals surface area contributed by atoms with Gasteiger partial charge in [0.15, 0.2) is 0 Å². The maximum atomic E-state index is 13.1. The van der Waals surface area contributed by atoms with Crippen LogP contribution in [0.3, 0.4) is 0 Å². The number of carbonyl (C=O) groups excluding carboxylic acids is 1. The summed E-state index contributed by atoms with van der Waals surface area (Å²) in [7, 11) is 0. The van der Waals surface area contributed by atoms with Crippen LogP contribution in [0.25, 0.3) is 0 Å². The summed E-state index contributed by atoms with van der Waals surface area (Å²) in [6.45, 7) is 2.06. The largest absolute Gasteiger partial charge is 0.478 e. The SMILES string of the molecule is N#C/C(=C/Nc1ccc(C(=O)O)cc1)C(=O)N1CCN(c2ccc(F)cc2)CC1. The normalized spacial score (nSPS) is 14.3. The van der Waals surface area contributed by atoms with Crippen molar-refractivity contribution in [3.63, 3.8) is 0 Å². The summed E-state index contributed by atoms with van der Waals surface area (Å²) in [5, 5.41) is 21.1. The van der Waals surface area contributed by atoms with E-state index < -0.39 is 5.97 Å². The first-order valence-electron chi connectivity index (χ1n) is 8.98. The van der Waals surface area contributed by atoms with Gasteiger partial charge in [0.25, 0.3) is 5.91 Å². The number of nitrogens with zero attached hydrogens (tertiary/aromatic N) is 3. The minimum atomic E-state index is -1.03. The maximum absolute atomic E-state index is 13.1. The molecule has 7 nitrogen and oxygen atoms in total. The highest BCUT2D eigenvalue weighted by Crippen LogP contribution is 2.18. The predicted molar refractivity (Wildman–Crippen MR) is 106 cm³/mol. The van der Waals surface area contributed by atoms with Gasteiger partial charge in [-0.25, -0.2) is 9.18 Å². The summed E-state index contributed by atoms with van der Waals surface area (Å²) in [5.41, 5.74) is 1.57. The van der Waals surface area contributed by atoms with Gasteiger partial charge in [0, 0.05) is 43.8 Å². The Bertz CT molecular complexity index is 957. The lowest BCUT2D eigenvalue weighted by Crippen LogP contribution is -2.49. The minimum absolute atomic E-state index is 0.0393. The monoisotopic (exact) mass is 394 g/mol. The fourth-order valence-electron chi connectivity index (χ4n) is 3.00. The Morgan fingerprint density at radius 2 is 1.66 bits per heavy atom. The van der Waals surface area contributed by atoms with Crippen LogP contribution in [-0.4, -0.2) is 48.1 Å². The Kier molecular flexibility index (Phi) is 6.09. The minimum Gasteiger partial charge on any atom is -0.478 e. The fraction of sp³-hybridized carbons (Fsp3) is 0.190. The second kappa shape index (κ2) is 8.89. The van der Waals surface area contributed by atoms with E-state index in [1.54, 1.807) is 29.2 Å². The lowest BCUT2D eigenvalue weighted by Gasteiger charge is -2.36. The van der Waals surface area contributed by atoms with E-state index in [0.29, 0.717) is 31.9 Å². The molecule has 0 radical (unpaired) electrons. The summed E-state index contributed by atoms with van der Waals surface area (Å²) < 4.78 is 13.1. The number of hydrogen-bond donors (Lipinski definition) is 2. The molecule has 3 rings (SSSR count). The van der Waals surface area contributed by atoms with Crippen molar-refractivity contribution in [2.45, 2.75) is 0 Å². The van der Waals surface area contributed by atoms with Crippen LogP contribution in [-0.2, 0) is 4.79 Å². The van der Waals surface area contributed by atoms with Crippen molar-refractivity contribution in [1.82, 2.24) is 4.90 Å².